The molecule has 4 bridgehead atoms. The number of ether oxygens (including phenoxy) is 5. The Morgan fingerprint density at radius 2 is 1.73 bits per heavy atom. The molecule has 1 aromatic carbocycles. The van der Waals surface area contributed by atoms with Gasteiger partial charge >= 0.3 is 18.2 Å². The molecule has 15 nitrogen and oxygen atoms in total. The van der Waals surface area contributed by atoms with Gasteiger partial charge in [0.1, 0.15) is 33.6 Å². The number of benzene rings is 1. The van der Waals surface area contributed by atoms with Crippen LogP contribution < -0.4 is 15.0 Å². The van der Waals surface area contributed by atoms with Gasteiger partial charge in [-0.05, 0) is 84.8 Å². The summed E-state index contributed by atoms with van der Waals surface area (Å²) >= 11 is 0.844. The Morgan fingerprint density at radius 3 is 2.37 bits per heavy atom. The fraction of sp³-hybridized carbons (Fsp3) is 0.591. The maximum absolute atomic E-state index is 18.0. The summed E-state index contributed by atoms with van der Waals surface area (Å²) in [4.78, 5) is 47.0. The average molecular weight is 873 g/mol. The maximum atomic E-state index is 18.0. The first-order valence-corrected chi connectivity index (χ1v) is 22.2. The number of fused-ring (bicyclic) bond motifs is 8. The molecule has 4 aromatic rings. The zero-order valence-electron chi connectivity index (χ0n) is 35.7. The molecule has 4 atom stereocenters. The Morgan fingerprint density at radius 1 is 1.00 bits per heavy atom. The third-order valence-corrected chi connectivity index (χ3v) is 13.9. The number of hydrogen-bond donors (Lipinski definition) is 1. The number of morpholine rings is 1. The first-order chi connectivity index (χ1) is 29.5. The van der Waals surface area contributed by atoms with Crippen LogP contribution >= 0.6 is 11.3 Å². The van der Waals surface area contributed by atoms with E-state index < -0.39 is 28.9 Å². The van der Waals surface area contributed by atoms with E-state index in [0.29, 0.717) is 48.1 Å². The number of nitrogens with one attached hydrogen (secondary N) is 1. The van der Waals surface area contributed by atoms with Crippen LogP contribution in [0.5, 0.6) is 6.01 Å². The van der Waals surface area contributed by atoms with Crippen molar-refractivity contribution in [3.05, 3.63) is 34.5 Å². The molecule has 4 saturated heterocycles. The molecule has 0 radical (unpaired) electrons. The van der Waals surface area contributed by atoms with Gasteiger partial charge < -0.3 is 33.5 Å². The predicted octanol–water partition coefficient (Wildman–Crippen LogP) is 7.65. The van der Waals surface area contributed by atoms with E-state index in [2.05, 4.69) is 26.2 Å². The lowest BCUT2D eigenvalue weighted by atomic mass is 9.93. The summed E-state index contributed by atoms with van der Waals surface area (Å²) < 4.78 is 63.3. The largest absolute Gasteiger partial charge is 0.463 e. The number of halogens is 2. The third kappa shape index (κ3) is 7.33. The monoisotopic (exact) mass is 872 g/mol. The molecule has 10 rings (SSSR count). The number of hydrogen-bond acceptors (Lipinski definition) is 14. The van der Waals surface area contributed by atoms with Crippen molar-refractivity contribution in [2.45, 2.75) is 122 Å². The first kappa shape index (κ1) is 41.1. The number of amides is 2. The number of likely N-dealkylation sites (tertiary alicyclic amines) is 2. The SMILES string of the molecule is CC(C)(C)OC(=O)Nc1sc2c(F)cnc(-c3c4c(c5c(N6C7CCC6CN(C(=O)OC(C)(C)C)C7)nc(OCC6(CN7C[C@@H]8C[C@H]7CO8)CC6)nc5c3F)COC4)c2c1C#N. The molecule has 1 saturated carbocycles. The summed E-state index contributed by atoms with van der Waals surface area (Å²) in [6.07, 6.45) is 4.65. The van der Waals surface area contributed by atoms with Gasteiger partial charge in [-0.3, -0.25) is 15.2 Å². The van der Waals surface area contributed by atoms with Crippen LogP contribution in [0.2, 0.25) is 0 Å². The van der Waals surface area contributed by atoms with Crippen molar-refractivity contribution in [3.8, 4) is 23.3 Å². The quantitative estimate of drug-likeness (QED) is 0.184. The van der Waals surface area contributed by atoms with E-state index in [4.69, 9.17) is 33.7 Å². The van der Waals surface area contributed by atoms with E-state index in [1.54, 1.807) is 25.7 Å². The highest BCUT2D eigenvalue weighted by Crippen LogP contribution is 2.51. The van der Waals surface area contributed by atoms with Gasteiger partial charge in [-0.15, -0.1) is 11.3 Å². The van der Waals surface area contributed by atoms with Crippen molar-refractivity contribution in [1.82, 2.24) is 24.8 Å². The summed E-state index contributed by atoms with van der Waals surface area (Å²) in [5.74, 6) is -0.980. The van der Waals surface area contributed by atoms with Crippen LogP contribution in [0.15, 0.2) is 6.20 Å². The van der Waals surface area contributed by atoms with E-state index >= 15 is 8.78 Å². The lowest BCUT2D eigenvalue weighted by Gasteiger charge is -2.42. The van der Waals surface area contributed by atoms with Gasteiger partial charge in [0.05, 0.1) is 60.1 Å². The second-order valence-corrected chi connectivity index (χ2v) is 20.7. The smallest absolute Gasteiger partial charge is 0.412 e. The topological polar surface area (TPSA) is 164 Å². The molecular formula is C44H50F2N8O7S. The molecule has 5 fully saturated rings. The van der Waals surface area contributed by atoms with Crippen LogP contribution in [0.1, 0.15) is 90.3 Å². The van der Waals surface area contributed by atoms with Crippen LogP contribution in [0.25, 0.3) is 32.2 Å². The fourth-order valence-electron chi connectivity index (χ4n) is 9.91. The first-order valence-electron chi connectivity index (χ1n) is 21.4. The highest BCUT2D eigenvalue weighted by atomic mass is 32.1. The normalized spacial score (nSPS) is 23.9. The number of nitriles is 1. The summed E-state index contributed by atoms with van der Waals surface area (Å²) in [7, 11) is 0. The van der Waals surface area contributed by atoms with Crippen molar-refractivity contribution in [2.75, 3.05) is 49.6 Å². The lowest BCUT2D eigenvalue weighted by molar-refractivity contribution is 0.0176. The Labute approximate surface area is 361 Å². The van der Waals surface area contributed by atoms with Crippen molar-refractivity contribution < 1.29 is 42.1 Å². The lowest BCUT2D eigenvalue weighted by Crippen LogP contribution is -2.56. The van der Waals surface area contributed by atoms with Gasteiger partial charge in [-0.1, -0.05) is 0 Å². The predicted molar refractivity (Wildman–Crippen MR) is 225 cm³/mol. The maximum Gasteiger partial charge on any atom is 0.412 e. The number of aromatic nitrogens is 3. The Balaban J connectivity index is 1.09. The Kier molecular flexibility index (Phi) is 9.82. The number of carbonyl (C=O) groups excluding carboxylic acids is 2. The third-order valence-electron chi connectivity index (χ3n) is 12.8. The summed E-state index contributed by atoms with van der Waals surface area (Å²) in [6.45, 7) is 14.4. The minimum atomic E-state index is -0.836. The molecule has 1 aliphatic carbocycles. The van der Waals surface area contributed by atoms with E-state index in [9.17, 15) is 14.9 Å². The van der Waals surface area contributed by atoms with Crippen molar-refractivity contribution in [3.63, 3.8) is 0 Å². The summed E-state index contributed by atoms with van der Waals surface area (Å²) in [5.41, 5.74) is -0.509. The highest BCUT2D eigenvalue weighted by Gasteiger charge is 2.50. The van der Waals surface area contributed by atoms with E-state index in [1.165, 1.54) is 0 Å². The van der Waals surface area contributed by atoms with Gasteiger partial charge in [-0.25, -0.2) is 18.4 Å². The molecule has 0 spiro atoms. The van der Waals surface area contributed by atoms with Crippen molar-refractivity contribution >= 4 is 55.3 Å². The summed E-state index contributed by atoms with van der Waals surface area (Å²) in [6, 6.07) is 2.25. The molecule has 2 amide bonds. The molecule has 18 heteroatoms. The number of rotatable bonds is 8. The molecule has 62 heavy (non-hydrogen) atoms. The number of pyridine rings is 1. The number of piperazine rings is 1. The molecule has 3 aromatic heterocycles. The average Bonchev–Trinajstić information content (AvgIpc) is 3.71. The van der Waals surface area contributed by atoms with Crippen LogP contribution in [-0.2, 0) is 32.2 Å². The Hall–Kier alpha value is -4.96. The van der Waals surface area contributed by atoms with E-state index in [1.807, 2.05) is 20.8 Å². The molecule has 8 heterocycles. The van der Waals surface area contributed by atoms with Crippen molar-refractivity contribution in [2.24, 2.45) is 5.41 Å². The summed E-state index contributed by atoms with van der Waals surface area (Å²) in [5, 5.41) is 13.7. The minimum Gasteiger partial charge on any atom is -0.463 e. The van der Waals surface area contributed by atoms with Gasteiger partial charge in [-0.2, -0.15) is 15.2 Å². The fourth-order valence-corrected chi connectivity index (χ4v) is 11.0. The highest BCUT2D eigenvalue weighted by molar-refractivity contribution is 7.23. The number of thiophene rings is 1. The zero-order valence-corrected chi connectivity index (χ0v) is 36.5. The number of carbonyl (C=O) groups is 2. The van der Waals surface area contributed by atoms with E-state index in [-0.39, 0.29) is 86.3 Å². The van der Waals surface area contributed by atoms with Gasteiger partial charge in [0, 0.05) is 60.7 Å². The second kappa shape index (κ2) is 14.8. The molecule has 328 valence electrons. The number of anilines is 2. The molecule has 1 N–H and O–H groups in total. The standard InChI is InChI=1S/C44H50F2N8O7S/c1-42(2,3)60-40(55)51-38-26(12-47)31-34(48-13-29(45)36(31)62-38)30-27-18-57-19-28(27)32-35(33(30)46)49-39(59-21-44(9-10-44)20-53-16-25-11-24(53)17-58-25)50-37(32)54-22-7-8-23(54)15-52(14-22)41(56)61-43(4,5)6/h13,22-25H,7-11,14-21H2,1-6H3,(H,51,55)/t22?,23?,24-,25-/m0/s1. The van der Waals surface area contributed by atoms with Crippen molar-refractivity contribution in [1.29, 1.82) is 5.26 Å². The van der Waals surface area contributed by atoms with Gasteiger partial charge in [0.15, 0.2) is 11.6 Å². The van der Waals surface area contributed by atoms with Crippen LogP contribution in [0, 0.1) is 28.4 Å². The number of nitrogens with zero attached hydrogens (tertiary/aromatic N) is 7. The molecule has 6 aliphatic rings. The van der Waals surface area contributed by atoms with Gasteiger partial charge in [0.25, 0.3) is 0 Å². The van der Waals surface area contributed by atoms with Crippen LogP contribution in [-0.4, -0.2) is 112 Å². The molecule has 5 aliphatic heterocycles. The van der Waals surface area contributed by atoms with E-state index in [0.717, 1.165) is 69.3 Å². The van der Waals surface area contributed by atoms with Crippen LogP contribution in [0.3, 0.4) is 0 Å². The zero-order chi connectivity index (χ0) is 43.5. The second-order valence-electron chi connectivity index (χ2n) is 19.6. The molecular weight excluding hydrogens is 823 g/mol. The van der Waals surface area contributed by atoms with Gasteiger partial charge in [0.2, 0.25) is 0 Å². The minimum absolute atomic E-state index is 0.00992. The Bertz CT molecular complexity index is 2550. The molecule has 2 unspecified atom stereocenters. The van der Waals surface area contributed by atoms with Crippen LogP contribution in [0.4, 0.5) is 29.2 Å².